The van der Waals surface area contributed by atoms with E-state index >= 15 is 0 Å². The molecule has 96 valence electrons. The highest BCUT2D eigenvalue weighted by Gasteiger charge is 2.11. The Bertz CT molecular complexity index is 567. The van der Waals surface area contributed by atoms with Crippen LogP contribution in [0.25, 0.3) is 11.3 Å². The quantitative estimate of drug-likeness (QED) is 0.900. The summed E-state index contributed by atoms with van der Waals surface area (Å²) in [6.07, 6.45) is 0. The number of hydrogen-bond donors (Lipinski definition) is 1. The summed E-state index contributed by atoms with van der Waals surface area (Å²) in [4.78, 5) is 0. The van der Waals surface area contributed by atoms with Crippen LogP contribution in [0.2, 0.25) is 0 Å². The molecule has 1 aromatic heterocycles. The minimum Gasteiger partial charge on any atom is -0.329 e. The van der Waals surface area contributed by atoms with E-state index in [1.807, 2.05) is 11.6 Å². The molecule has 0 aliphatic rings. The lowest BCUT2D eigenvalue weighted by atomic mass is 9.98. The molecule has 1 aromatic carbocycles. The van der Waals surface area contributed by atoms with Gasteiger partial charge in [-0.25, -0.2) is 0 Å². The van der Waals surface area contributed by atoms with Crippen LogP contribution in [0.4, 0.5) is 0 Å². The summed E-state index contributed by atoms with van der Waals surface area (Å²) < 4.78 is 2.01. The molecule has 0 radical (unpaired) electrons. The molecule has 0 saturated heterocycles. The molecule has 0 bridgehead atoms. The normalized spacial score (nSPS) is 10.9. The van der Waals surface area contributed by atoms with Gasteiger partial charge < -0.3 is 5.73 Å². The zero-order valence-electron chi connectivity index (χ0n) is 11.6. The standard InChI is InChI=1S/C15H21N3/c1-10-7-12(3)14(8-11(10)2)15-9-13(4)17-18(15)6-5-16/h7-9H,5-6,16H2,1-4H3. The molecule has 3 heteroatoms. The SMILES string of the molecule is Cc1cc(-c2cc(C)c(C)cc2C)n(CCN)n1. The van der Waals surface area contributed by atoms with Gasteiger partial charge in [0.15, 0.2) is 0 Å². The number of aryl methyl sites for hydroxylation is 4. The van der Waals surface area contributed by atoms with E-state index in [2.05, 4.69) is 44.1 Å². The van der Waals surface area contributed by atoms with Crippen molar-refractivity contribution in [1.29, 1.82) is 0 Å². The second-order valence-electron chi connectivity index (χ2n) is 4.93. The fourth-order valence-corrected chi connectivity index (χ4v) is 2.29. The summed E-state index contributed by atoms with van der Waals surface area (Å²) in [6, 6.07) is 6.61. The van der Waals surface area contributed by atoms with Gasteiger partial charge >= 0.3 is 0 Å². The van der Waals surface area contributed by atoms with Crippen molar-refractivity contribution in [3.63, 3.8) is 0 Å². The van der Waals surface area contributed by atoms with Gasteiger partial charge in [0.25, 0.3) is 0 Å². The molecule has 0 aliphatic carbocycles. The van der Waals surface area contributed by atoms with Gasteiger partial charge in [-0.05, 0) is 56.5 Å². The number of nitrogens with zero attached hydrogens (tertiary/aromatic N) is 2. The molecule has 1 heterocycles. The number of nitrogens with two attached hydrogens (primary N) is 1. The first-order valence-electron chi connectivity index (χ1n) is 6.35. The molecule has 2 N–H and O–H groups in total. The highest BCUT2D eigenvalue weighted by Crippen LogP contribution is 2.27. The Morgan fingerprint density at radius 2 is 1.67 bits per heavy atom. The van der Waals surface area contributed by atoms with E-state index in [-0.39, 0.29) is 0 Å². The van der Waals surface area contributed by atoms with Crippen LogP contribution >= 0.6 is 0 Å². The lowest BCUT2D eigenvalue weighted by molar-refractivity contribution is 0.626. The van der Waals surface area contributed by atoms with E-state index in [0.717, 1.165) is 12.2 Å². The van der Waals surface area contributed by atoms with Crippen molar-refractivity contribution < 1.29 is 0 Å². The average molecular weight is 243 g/mol. The Morgan fingerprint density at radius 1 is 1.00 bits per heavy atom. The zero-order chi connectivity index (χ0) is 13.3. The van der Waals surface area contributed by atoms with Crippen molar-refractivity contribution >= 4 is 0 Å². The Morgan fingerprint density at radius 3 is 2.33 bits per heavy atom. The van der Waals surface area contributed by atoms with Crippen LogP contribution in [0.1, 0.15) is 22.4 Å². The fourth-order valence-electron chi connectivity index (χ4n) is 2.29. The maximum absolute atomic E-state index is 5.65. The van der Waals surface area contributed by atoms with Crippen LogP contribution in [0.15, 0.2) is 18.2 Å². The largest absolute Gasteiger partial charge is 0.329 e. The minimum atomic E-state index is 0.609. The molecule has 0 spiro atoms. The van der Waals surface area contributed by atoms with E-state index in [0.29, 0.717) is 6.54 Å². The fraction of sp³-hybridized carbons (Fsp3) is 0.400. The maximum Gasteiger partial charge on any atom is 0.0688 e. The highest BCUT2D eigenvalue weighted by atomic mass is 15.3. The second kappa shape index (κ2) is 4.94. The van der Waals surface area contributed by atoms with Crippen LogP contribution < -0.4 is 5.73 Å². The van der Waals surface area contributed by atoms with Crippen LogP contribution in [0.3, 0.4) is 0 Å². The molecule has 0 aliphatic heterocycles. The summed E-state index contributed by atoms with van der Waals surface area (Å²) in [5.41, 5.74) is 13.0. The Hall–Kier alpha value is -1.61. The van der Waals surface area contributed by atoms with E-state index in [9.17, 15) is 0 Å². The molecule has 2 aromatic rings. The van der Waals surface area contributed by atoms with Gasteiger partial charge in [-0.3, -0.25) is 4.68 Å². The number of rotatable bonds is 3. The molecule has 0 saturated carbocycles. The van der Waals surface area contributed by atoms with Gasteiger partial charge in [-0.15, -0.1) is 0 Å². The summed E-state index contributed by atoms with van der Waals surface area (Å²) in [5.74, 6) is 0. The molecule has 3 nitrogen and oxygen atoms in total. The Balaban J connectivity index is 2.57. The van der Waals surface area contributed by atoms with Crippen molar-refractivity contribution in [3.05, 3.63) is 40.6 Å². The molecular formula is C15H21N3. The Labute approximate surface area is 109 Å². The van der Waals surface area contributed by atoms with E-state index in [1.165, 1.54) is 27.9 Å². The monoisotopic (exact) mass is 243 g/mol. The van der Waals surface area contributed by atoms with Gasteiger partial charge in [-0.1, -0.05) is 6.07 Å². The van der Waals surface area contributed by atoms with E-state index in [4.69, 9.17) is 5.73 Å². The summed E-state index contributed by atoms with van der Waals surface area (Å²) in [6.45, 7) is 9.83. The molecular weight excluding hydrogens is 222 g/mol. The Kier molecular flexibility index (Phi) is 3.53. The minimum absolute atomic E-state index is 0.609. The number of aromatic nitrogens is 2. The zero-order valence-corrected chi connectivity index (χ0v) is 11.6. The molecule has 2 rings (SSSR count). The molecule has 18 heavy (non-hydrogen) atoms. The van der Waals surface area contributed by atoms with Crippen LogP contribution in [0.5, 0.6) is 0 Å². The number of benzene rings is 1. The predicted octanol–water partition coefficient (Wildman–Crippen LogP) is 2.74. The highest BCUT2D eigenvalue weighted by molar-refractivity contribution is 5.66. The first-order valence-corrected chi connectivity index (χ1v) is 6.35. The van der Waals surface area contributed by atoms with Crippen molar-refractivity contribution in [2.24, 2.45) is 5.73 Å². The first-order chi connectivity index (χ1) is 8.52. The van der Waals surface area contributed by atoms with Crippen LogP contribution in [0, 0.1) is 27.7 Å². The van der Waals surface area contributed by atoms with Crippen molar-refractivity contribution in [1.82, 2.24) is 9.78 Å². The lowest BCUT2D eigenvalue weighted by Gasteiger charge is -2.11. The predicted molar refractivity (Wildman–Crippen MR) is 75.7 cm³/mol. The van der Waals surface area contributed by atoms with Crippen molar-refractivity contribution in [2.75, 3.05) is 6.54 Å². The maximum atomic E-state index is 5.65. The van der Waals surface area contributed by atoms with Gasteiger partial charge in [-0.2, -0.15) is 5.10 Å². The lowest BCUT2D eigenvalue weighted by Crippen LogP contribution is -2.12. The van der Waals surface area contributed by atoms with Crippen LogP contribution in [-0.2, 0) is 6.54 Å². The summed E-state index contributed by atoms with van der Waals surface area (Å²) in [7, 11) is 0. The third-order valence-corrected chi connectivity index (χ3v) is 3.36. The van der Waals surface area contributed by atoms with Gasteiger partial charge in [0, 0.05) is 12.1 Å². The average Bonchev–Trinajstić information content (AvgIpc) is 2.65. The van der Waals surface area contributed by atoms with E-state index < -0.39 is 0 Å². The van der Waals surface area contributed by atoms with E-state index in [1.54, 1.807) is 0 Å². The molecule has 0 unspecified atom stereocenters. The smallest absolute Gasteiger partial charge is 0.0688 e. The number of hydrogen-bond acceptors (Lipinski definition) is 2. The van der Waals surface area contributed by atoms with Gasteiger partial charge in [0.05, 0.1) is 17.9 Å². The second-order valence-corrected chi connectivity index (χ2v) is 4.93. The van der Waals surface area contributed by atoms with Crippen molar-refractivity contribution in [2.45, 2.75) is 34.2 Å². The van der Waals surface area contributed by atoms with Crippen molar-refractivity contribution in [3.8, 4) is 11.3 Å². The molecule has 0 atom stereocenters. The third kappa shape index (κ3) is 2.31. The third-order valence-electron chi connectivity index (χ3n) is 3.36. The first kappa shape index (κ1) is 12.8. The van der Waals surface area contributed by atoms with Gasteiger partial charge in [0.2, 0.25) is 0 Å². The van der Waals surface area contributed by atoms with Gasteiger partial charge in [0.1, 0.15) is 0 Å². The summed E-state index contributed by atoms with van der Waals surface area (Å²) >= 11 is 0. The summed E-state index contributed by atoms with van der Waals surface area (Å²) in [5, 5.41) is 4.51. The topological polar surface area (TPSA) is 43.8 Å². The molecule has 0 amide bonds. The molecule has 0 fully saturated rings. The van der Waals surface area contributed by atoms with Crippen LogP contribution in [-0.4, -0.2) is 16.3 Å².